The maximum atomic E-state index is 4.34. The highest BCUT2D eigenvalue weighted by Crippen LogP contribution is 2.28. The van der Waals surface area contributed by atoms with Crippen LogP contribution in [-0.4, -0.2) is 6.54 Å². The molecule has 1 N–H and O–H groups in total. The van der Waals surface area contributed by atoms with Crippen molar-refractivity contribution in [2.75, 3.05) is 6.54 Å². The smallest absolute Gasteiger partial charge is 0.0340 e. The summed E-state index contributed by atoms with van der Waals surface area (Å²) in [6, 6.07) is 8.64. The number of nitrogens with one attached hydrogen (secondary N) is 1. The van der Waals surface area contributed by atoms with Gasteiger partial charge in [-0.3, -0.25) is 0 Å². The van der Waals surface area contributed by atoms with Gasteiger partial charge < -0.3 is 5.32 Å². The Morgan fingerprint density at radius 1 is 0.957 bits per heavy atom. The molecule has 1 heteroatoms. The van der Waals surface area contributed by atoms with Gasteiger partial charge in [0.2, 0.25) is 0 Å². The molecule has 0 aliphatic heterocycles. The molecule has 0 aliphatic carbocycles. The van der Waals surface area contributed by atoms with Gasteiger partial charge in [-0.2, -0.15) is 0 Å². The van der Waals surface area contributed by atoms with Gasteiger partial charge in [-0.1, -0.05) is 83.9 Å². The third kappa shape index (κ3) is 6.64. The van der Waals surface area contributed by atoms with Crippen molar-refractivity contribution in [3.05, 3.63) is 48.6 Å². The van der Waals surface area contributed by atoms with Crippen LogP contribution in [0, 0.1) is 11.8 Å². The summed E-state index contributed by atoms with van der Waals surface area (Å²) in [6.07, 6.45) is 6.55. The number of rotatable bonds is 11. The molecule has 23 heavy (non-hydrogen) atoms. The summed E-state index contributed by atoms with van der Waals surface area (Å²) in [4.78, 5) is 0. The molecular formula is C22H35N. The fourth-order valence-electron chi connectivity index (χ4n) is 2.89. The molecule has 0 saturated heterocycles. The van der Waals surface area contributed by atoms with Crippen LogP contribution in [0.4, 0.5) is 0 Å². The maximum absolute atomic E-state index is 4.34. The minimum atomic E-state index is 0.543. The zero-order valence-electron chi connectivity index (χ0n) is 15.6. The maximum Gasteiger partial charge on any atom is 0.0340 e. The molecule has 1 aromatic rings. The Balaban J connectivity index is 2.54. The topological polar surface area (TPSA) is 12.0 Å². The van der Waals surface area contributed by atoms with Gasteiger partial charge in [0.15, 0.2) is 0 Å². The van der Waals surface area contributed by atoms with Gasteiger partial charge in [0, 0.05) is 12.2 Å². The summed E-state index contributed by atoms with van der Waals surface area (Å²) in [5, 5.41) is 3.27. The Labute approximate surface area is 143 Å². The monoisotopic (exact) mass is 313 g/mol. The molecule has 0 bridgehead atoms. The second-order valence-corrected chi connectivity index (χ2v) is 6.84. The summed E-state index contributed by atoms with van der Waals surface area (Å²) in [7, 11) is 0. The van der Waals surface area contributed by atoms with E-state index in [4.69, 9.17) is 0 Å². The van der Waals surface area contributed by atoms with Gasteiger partial charge in [0.1, 0.15) is 0 Å². The lowest BCUT2D eigenvalue weighted by atomic mass is 9.87. The first kappa shape index (κ1) is 19.5. The highest BCUT2D eigenvalue weighted by Gasteiger charge is 2.11. The van der Waals surface area contributed by atoms with Crippen molar-refractivity contribution in [3.8, 4) is 0 Å². The van der Waals surface area contributed by atoms with Crippen LogP contribution in [0.3, 0.4) is 0 Å². The largest absolute Gasteiger partial charge is 0.385 e. The normalized spacial score (nSPS) is 13.4. The molecule has 2 unspecified atom stereocenters. The molecule has 0 aliphatic rings. The number of unbranched alkanes of at least 4 members (excludes halogenated alkanes) is 1. The van der Waals surface area contributed by atoms with Crippen LogP contribution in [-0.2, 0) is 0 Å². The lowest BCUT2D eigenvalue weighted by Crippen LogP contribution is -2.09. The van der Waals surface area contributed by atoms with E-state index in [0.29, 0.717) is 5.92 Å². The molecule has 1 aromatic carbocycles. The average molecular weight is 314 g/mol. The Morgan fingerprint density at radius 2 is 1.57 bits per heavy atom. The number of benzene rings is 1. The zero-order valence-corrected chi connectivity index (χ0v) is 15.6. The molecule has 1 rings (SSSR count). The van der Waals surface area contributed by atoms with Crippen LogP contribution < -0.4 is 5.32 Å². The minimum absolute atomic E-state index is 0.543. The molecule has 0 heterocycles. The van der Waals surface area contributed by atoms with E-state index in [-0.39, 0.29) is 0 Å². The SMILES string of the molecule is C=C(NCC)c1ccc(C(=C)C(C)CCC(C)CCCC)cc1. The molecule has 128 valence electrons. The summed E-state index contributed by atoms with van der Waals surface area (Å²) >= 11 is 0. The predicted octanol–water partition coefficient (Wildman–Crippen LogP) is 6.52. The quantitative estimate of drug-likeness (QED) is 0.490. The fraction of sp³-hybridized carbons (Fsp3) is 0.545. The number of hydrogen-bond acceptors (Lipinski definition) is 1. The van der Waals surface area contributed by atoms with Crippen molar-refractivity contribution in [2.24, 2.45) is 11.8 Å². The van der Waals surface area contributed by atoms with Crippen LogP contribution in [0.25, 0.3) is 11.3 Å². The third-order valence-electron chi connectivity index (χ3n) is 4.73. The van der Waals surface area contributed by atoms with E-state index < -0.39 is 0 Å². The lowest BCUT2D eigenvalue weighted by molar-refractivity contribution is 0.434. The van der Waals surface area contributed by atoms with E-state index in [2.05, 4.69) is 70.4 Å². The van der Waals surface area contributed by atoms with Gasteiger partial charge in [0.05, 0.1) is 0 Å². The first-order valence-corrected chi connectivity index (χ1v) is 9.21. The van der Waals surface area contributed by atoms with Crippen molar-refractivity contribution < 1.29 is 0 Å². The lowest BCUT2D eigenvalue weighted by Gasteiger charge is -2.18. The summed E-state index contributed by atoms with van der Waals surface area (Å²) < 4.78 is 0. The van der Waals surface area contributed by atoms with Crippen molar-refractivity contribution in [1.29, 1.82) is 0 Å². The van der Waals surface area contributed by atoms with Gasteiger partial charge in [-0.15, -0.1) is 0 Å². The molecule has 0 fully saturated rings. The first-order chi connectivity index (χ1) is 11.0. The van der Waals surface area contributed by atoms with Crippen LogP contribution in [0.5, 0.6) is 0 Å². The molecule has 1 nitrogen and oxygen atoms in total. The van der Waals surface area contributed by atoms with E-state index in [1.54, 1.807) is 0 Å². The average Bonchev–Trinajstić information content (AvgIpc) is 2.57. The van der Waals surface area contributed by atoms with Crippen LogP contribution in [0.1, 0.15) is 70.9 Å². The van der Waals surface area contributed by atoms with Gasteiger partial charge >= 0.3 is 0 Å². The zero-order chi connectivity index (χ0) is 17.2. The standard InChI is InChI=1S/C22H35N/c1-7-9-10-17(3)11-12-18(4)19(5)21-13-15-22(16-14-21)20(6)23-8-2/h13-18,23H,5-12H2,1-4H3. The molecule has 0 radical (unpaired) electrons. The van der Waals surface area contributed by atoms with E-state index in [0.717, 1.165) is 23.7 Å². The fourth-order valence-corrected chi connectivity index (χ4v) is 2.89. The summed E-state index contributed by atoms with van der Waals surface area (Å²) in [5.41, 5.74) is 4.66. The second kappa shape index (κ2) is 10.3. The predicted molar refractivity (Wildman–Crippen MR) is 105 cm³/mol. The van der Waals surface area contributed by atoms with E-state index in [1.165, 1.54) is 43.2 Å². The first-order valence-electron chi connectivity index (χ1n) is 9.21. The van der Waals surface area contributed by atoms with E-state index in [1.807, 2.05) is 0 Å². The van der Waals surface area contributed by atoms with E-state index in [9.17, 15) is 0 Å². The molecule has 0 aromatic heterocycles. The van der Waals surface area contributed by atoms with Gasteiger partial charge in [-0.05, 0) is 41.9 Å². The number of hydrogen-bond donors (Lipinski definition) is 1. The molecule has 0 amide bonds. The molecular weight excluding hydrogens is 278 g/mol. The van der Waals surface area contributed by atoms with Crippen LogP contribution in [0.2, 0.25) is 0 Å². The summed E-state index contributed by atoms with van der Waals surface area (Å²) in [6.45, 7) is 18.3. The Bertz CT molecular complexity index is 483. The van der Waals surface area contributed by atoms with Crippen molar-refractivity contribution >= 4 is 11.3 Å². The van der Waals surface area contributed by atoms with Crippen LogP contribution >= 0.6 is 0 Å². The van der Waals surface area contributed by atoms with Crippen LogP contribution in [0.15, 0.2) is 37.4 Å². The highest BCUT2D eigenvalue weighted by molar-refractivity contribution is 5.68. The highest BCUT2D eigenvalue weighted by atomic mass is 14.9. The second-order valence-electron chi connectivity index (χ2n) is 6.84. The number of allylic oxidation sites excluding steroid dienone is 1. The Morgan fingerprint density at radius 3 is 2.13 bits per heavy atom. The Kier molecular flexibility index (Phi) is 8.76. The van der Waals surface area contributed by atoms with Gasteiger partial charge in [-0.25, -0.2) is 0 Å². The third-order valence-corrected chi connectivity index (χ3v) is 4.73. The minimum Gasteiger partial charge on any atom is -0.385 e. The van der Waals surface area contributed by atoms with Crippen molar-refractivity contribution in [1.82, 2.24) is 5.32 Å². The summed E-state index contributed by atoms with van der Waals surface area (Å²) in [5.74, 6) is 1.37. The van der Waals surface area contributed by atoms with Crippen molar-refractivity contribution in [3.63, 3.8) is 0 Å². The van der Waals surface area contributed by atoms with Gasteiger partial charge in [0.25, 0.3) is 0 Å². The molecule has 0 saturated carbocycles. The Hall–Kier alpha value is -1.50. The van der Waals surface area contributed by atoms with E-state index >= 15 is 0 Å². The van der Waals surface area contributed by atoms with Crippen molar-refractivity contribution in [2.45, 2.75) is 59.8 Å². The molecule has 0 spiro atoms. The molecule has 2 atom stereocenters.